The van der Waals surface area contributed by atoms with E-state index in [-0.39, 0.29) is 5.97 Å². The van der Waals surface area contributed by atoms with Crippen LogP contribution in [0.1, 0.15) is 26.2 Å². The van der Waals surface area contributed by atoms with Crippen LogP contribution in [-0.4, -0.2) is 12.6 Å². The summed E-state index contributed by atoms with van der Waals surface area (Å²) in [7, 11) is 0. The van der Waals surface area contributed by atoms with Crippen molar-refractivity contribution in [1.82, 2.24) is 0 Å². The molecule has 1 saturated heterocycles. The van der Waals surface area contributed by atoms with Gasteiger partial charge in [0.25, 0.3) is 0 Å². The Kier molecular flexibility index (Phi) is 1.63. The molecular weight excluding hydrogens is 140 g/mol. The fourth-order valence-electron chi connectivity index (χ4n) is 2.39. The number of hydrogen-bond acceptors (Lipinski definition) is 2. The molecule has 62 valence electrons. The van der Waals surface area contributed by atoms with Gasteiger partial charge in [0.2, 0.25) is 0 Å². The average molecular weight is 154 g/mol. The Morgan fingerprint density at radius 1 is 1.45 bits per heavy atom. The Morgan fingerprint density at radius 3 is 3.09 bits per heavy atom. The van der Waals surface area contributed by atoms with E-state index in [2.05, 4.69) is 6.92 Å². The smallest absolute Gasteiger partial charge is 0.306 e. The largest absolute Gasteiger partial charge is 0.465 e. The number of rotatable bonds is 0. The lowest BCUT2D eigenvalue weighted by atomic mass is 9.87. The highest BCUT2D eigenvalue weighted by Crippen LogP contribution is 2.41. The van der Waals surface area contributed by atoms with Crippen LogP contribution in [0.15, 0.2) is 0 Å². The van der Waals surface area contributed by atoms with Crippen LogP contribution in [0.5, 0.6) is 0 Å². The van der Waals surface area contributed by atoms with Crippen LogP contribution < -0.4 is 0 Å². The normalized spacial score (nSPS) is 43.4. The molecule has 0 amide bonds. The summed E-state index contributed by atoms with van der Waals surface area (Å²) in [5.74, 6) is 2.10. The van der Waals surface area contributed by atoms with E-state index in [4.69, 9.17) is 4.74 Å². The van der Waals surface area contributed by atoms with E-state index < -0.39 is 0 Å². The van der Waals surface area contributed by atoms with Gasteiger partial charge < -0.3 is 4.74 Å². The Balaban J connectivity index is 2.05. The summed E-state index contributed by atoms with van der Waals surface area (Å²) in [5.41, 5.74) is 0. The number of ether oxygens (including phenoxy) is 1. The topological polar surface area (TPSA) is 26.3 Å². The zero-order chi connectivity index (χ0) is 7.84. The monoisotopic (exact) mass is 154 g/mol. The van der Waals surface area contributed by atoms with E-state index in [1.54, 1.807) is 0 Å². The van der Waals surface area contributed by atoms with Gasteiger partial charge in [0, 0.05) is 6.42 Å². The van der Waals surface area contributed by atoms with Gasteiger partial charge in [0.1, 0.15) is 0 Å². The van der Waals surface area contributed by atoms with Crippen molar-refractivity contribution in [1.29, 1.82) is 0 Å². The van der Waals surface area contributed by atoms with Crippen molar-refractivity contribution >= 4 is 5.97 Å². The third-order valence-electron chi connectivity index (χ3n) is 3.19. The summed E-state index contributed by atoms with van der Waals surface area (Å²) >= 11 is 0. The lowest BCUT2D eigenvalue weighted by molar-refractivity contribution is -0.152. The number of cyclic esters (lactones) is 1. The summed E-state index contributed by atoms with van der Waals surface area (Å²) in [6, 6.07) is 0. The standard InChI is InChI=1S/C9H14O2/c1-6-2-3-7-4-9(10)11-5-8(6)7/h6-8H,2-5H2,1H3/t6-,7-,8-/m1/s1. The van der Waals surface area contributed by atoms with Crippen LogP contribution in [-0.2, 0) is 9.53 Å². The Hall–Kier alpha value is -0.530. The third kappa shape index (κ3) is 1.15. The minimum Gasteiger partial charge on any atom is -0.465 e. The van der Waals surface area contributed by atoms with Crippen LogP contribution >= 0.6 is 0 Å². The van der Waals surface area contributed by atoms with Crippen LogP contribution in [0, 0.1) is 17.8 Å². The molecule has 1 aliphatic carbocycles. The Labute approximate surface area is 66.9 Å². The van der Waals surface area contributed by atoms with E-state index in [0.717, 1.165) is 5.92 Å². The summed E-state index contributed by atoms with van der Waals surface area (Å²) in [6.45, 7) is 2.95. The minimum absolute atomic E-state index is 0.0142. The number of fused-ring (bicyclic) bond motifs is 1. The SMILES string of the molecule is C[C@@H]1CC[C@@H]2CC(=O)OC[C@@H]21. The van der Waals surface area contributed by atoms with Crippen molar-refractivity contribution in [2.75, 3.05) is 6.61 Å². The predicted molar refractivity (Wildman–Crippen MR) is 41.0 cm³/mol. The molecule has 1 heterocycles. The zero-order valence-electron chi connectivity index (χ0n) is 6.88. The van der Waals surface area contributed by atoms with E-state index in [1.165, 1.54) is 12.8 Å². The van der Waals surface area contributed by atoms with Gasteiger partial charge >= 0.3 is 5.97 Å². The molecule has 0 radical (unpaired) electrons. The summed E-state index contributed by atoms with van der Waals surface area (Å²) in [6.07, 6.45) is 3.20. The molecule has 0 aromatic carbocycles. The first-order valence-corrected chi connectivity index (χ1v) is 4.43. The molecule has 2 rings (SSSR count). The first-order valence-electron chi connectivity index (χ1n) is 4.43. The van der Waals surface area contributed by atoms with Crippen LogP contribution in [0.25, 0.3) is 0 Å². The fraction of sp³-hybridized carbons (Fsp3) is 0.889. The Bertz CT molecular complexity index is 176. The lowest BCUT2D eigenvalue weighted by Gasteiger charge is -2.26. The average Bonchev–Trinajstić information content (AvgIpc) is 2.32. The number of carbonyl (C=O) groups is 1. The van der Waals surface area contributed by atoms with Gasteiger partial charge in [-0.2, -0.15) is 0 Å². The van der Waals surface area contributed by atoms with Crippen molar-refractivity contribution in [3.05, 3.63) is 0 Å². The molecule has 1 aliphatic heterocycles. The van der Waals surface area contributed by atoms with Crippen molar-refractivity contribution in [3.63, 3.8) is 0 Å². The maximum Gasteiger partial charge on any atom is 0.306 e. The van der Waals surface area contributed by atoms with Crippen molar-refractivity contribution in [2.24, 2.45) is 17.8 Å². The van der Waals surface area contributed by atoms with Gasteiger partial charge in [-0.25, -0.2) is 0 Å². The second-order valence-corrected chi connectivity index (χ2v) is 3.87. The third-order valence-corrected chi connectivity index (χ3v) is 3.19. The van der Waals surface area contributed by atoms with Crippen molar-refractivity contribution < 1.29 is 9.53 Å². The zero-order valence-corrected chi connectivity index (χ0v) is 6.88. The van der Waals surface area contributed by atoms with Crippen molar-refractivity contribution in [3.8, 4) is 0 Å². The van der Waals surface area contributed by atoms with Gasteiger partial charge in [0.05, 0.1) is 6.61 Å². The van der Waals surface area contributed by atoms with Crippen LogP contribution in [0.2, 0.25) is 0 Å². The second-order valence-electron chi connectivity index (χ2n) is 3.87. The molecule has 0 unspecified atom stereocenters. The second kappa shape index (κ2) is 2.50. The van der Waals surface area contributed by atoms with Gasteiger partial charge in [-0.05, 0) is 24.2 Å². The molecule has 2 heteroatoms. The van der Waals surface area contributed by atoms with E-state index in [0.29, 0.717) is 24.9 Å². The van der Waals surface area contributed by atoms with Gasteiger partial charge in [-0.3, -0.25) is 4.79 Å². The van der Waals surface area contributed by atoms with Crippen LogP contribution in [0.3, 0.4) is 0 Å². The molecule has 0 aromatic rings. The summed E-state index contributed by atoms with van der Waals surface area (Å²) < 4.78 is 5.02. The Morgan fingerprint density at radius 2 is 2.27 bits per heavy atom. The van der Waals surface area contributed by atoms with Crippen LogP contribution in [0.4, 0.5) is 0 Å². The molecule has 0 N–H and O–H groups in total. The highest BCUT2D eigenvalue weighted by atomic mass is 16.5. The molecule has 11 heavy (non-hydrogen) atoms. The maximum atomic E-state index is 10.9. The molecule has 2 fully saturated rings. The van der Waals surface area contributed by atoms with E-state index in [1.807, 2.05) is 0 Å². The van der Waals surface area contributed by atoms with E-state index >= 15 is 0 Å². The van der Waals surface area contributed by atoms with Gasteiger partial charge in [-0.1, -0.05) is 13.3 Å². The van der Waals surface area contributed by atoms with Gasteiger partial charge in [-0.15, -0.1) is 0 Å². The lowest BCUT2D eigenvalue weighted by Crippen LogP contribution is -2.29. The summed E-state index contributed by atoms with van der Waals surface area (Å²) in [5, 5.41) is 0. The first kappa shape index (κ1) is 7.14. The molecule has 2 nitrogen and oxygen atoms in total. The number of esters is 1. The fourth-order valence-corrected chi connectivity index (χ4v) is 2.39. The molecule has 0 spiro atoms. The van der Waals surface area contributed by atoms with Crippen molar-refractivity contribution in [2.45, 2.75) is 26.2 Å². The minimum atomic E-state index is 0.0142. The molecule has 0 bridgehead atoms. The molecule has 0 aromatic heterocycles. The van der Waals surface area contributed by atoms with Gasteiger partial charge in [0.15, 0.2) is 0 Å². The molecule has 1 saturated carbocycles. The quantitative estimate of drug-likeness (QED) is 0.495. The maximum absolute atomic E-state index is 10.9. The number of carbonyl (C=O) groups excluding carboxylic acids is 1. The first-order chi connectivity index (χ1) is 5.27. The highest BCUT2D eigenvalue weighted by molar-refractivity contribution is 5.70. The molecule has 2 aliphatic rings. The molecule has 3 atom stereocenters. The van der Waals surface area contributed by atoms with E-state index in [9.17, 15) is 4.79 Å². The molecular formula is C9H14O2. The summed E-state index contributed by atoms with van der Waals surface area (Å²) in [4.78, 5) is 10.9. The highest BCUT2D eigenvalue weighted by Gasteiger charge is 2.38. The number of hydrogen-bond donors (Lipinski definition) is 0. The predicted octanol–water partition coefficient (Wildman–Crippen LogP) is 1.60.